The fraction of sp³-hybridized carbons (Fsp3) is 0.158. The zero-order chi connectivity index (χ0) is 18.3. The number of pyridine rings is 1. The molecular weight excluding hydrogens is 338 g/mol. The molecule has 0 bridgehead atoms. The van der Waals surface area contributed by atoms with Crippen molar-refractivity contribution >= 4 is 12.2 Å². The Morgan fingerprint density at radius 1 is 1.12 bits per heavy atom. The van der Waals surface area contributed by atoms with Gasteiger partial charge in [-0.05, 0) is 30.7 Å². The molecule has 0 saturated carbocycles. The smallest absolute Gasteiger partial charge is 0.207 e. The number of ether oxygens (including phenoxy) is 1. The lowest BCUT2D eigenvalue weighted by atomic mass is 10.0. The van der Waals surface area contributed by atoms with Gasteiger partial charge in [0.05, 0.1) is 19.3 Å². The van der Waals surface area contributed by atoms with Gasteiger partial charge in [-0.15, -0.1) is 0 Å². The highest BCUT2D eigenvalue weighted by molar-refractivity contribution is 5.76. The number of benzene rings is 1. The van der Waals surface area contributed by atoms with Crippen LogP contribution >= 0.6 is 0 Å². The van der Waals surface area contributed by atoms with Gasteiger partial charge in [0.1, 0.15) is 12.2 Å². The molecule has 1 aliphatic rings. The molecule has 0 fully saturated rings. The molecule has 3 heterocycles. The first-order valence-corrected chi connectivity index (χ1v) is 8.06. The van der Waals surface area contributed by atoms with E-state index in [0.29, 0.717) is 23.6 Å². The normalized spacial score (nSPS) is 13.0. The largest absolute Gasteiger partial charge is 0.494 e. The SMILES string of the molecule is COc1cccc(-c2c(C)c3n(c2F)C=NN(c2ccccn2)C3)c1F. The molecule has 2 aromatic heterocycles. The summed E-state index contributed by atoms with van der Waals surface area (Å²) >= 11 is 0. The number of methoxy groups -OCH3 is 1. The van der Waals surface area contributed by atoms with Crippen LogP contribution in [0.5, 0.6) is 5.75 Å². The molecule has 0 radical (unpaired) electrons. The summed E-state index contributed by atoms with van der Waals surface area (Å²) in [6, 6.07) is 10.2. The summed E-state index contributed by atoms with van der Waals surface area (Å²) in [6.45, 7) is 2.11. The molecule has 1 aliphatic heterocycles. The number of rotatable bonds is 3. The van der Waals surface area contributed by atoms with E-state index in [1.165, 1.54) is 24.1 Å². The van der Waals surface area contributed by atoms with E-state index >= 15 is 4.39 Å². The first-order chi connectivity index (χ1) is 12.6. The third-order valence-corrected chi connectivity index (χ3v) is 4.49. The molecule has 3 aromatic rings. The van der Waals surface area contributed by atoms with Crippen molar-refractivity contribution in [3.05, 3.63) is 65.6 Å². The summed E-state index contributed by atoms with van der Waals surface area (Å²) in [5.74, 6) is -0.396. The highest BCUT2D eigenvalue weighted by Crippen LogP contribution is 2.37. The summed E-state index contributed by atoms with van der Waals surface area (Å²) < 4.78 is 36.1. The highest BCUT2D eigenvalue weighted by atomic mass is 19.1. The van der Waals surface area contributed by atoms with Crippen LogP contribution < -0.4 is 9.75 Å². The van der Waals surface area contributed by atoms with Crippen LogP contribution in [0, 0.1) is 18.7 Å². The quantitative estimate of drug-likeness (QED) is 0.715. The maximum absolute atomic E-state index is 15.0. The minimum absolute atomic E-state index is 0.0780. The second-order valence-electron chi connectivity index (χ2n) is 5.91. The molecule has 7 heteroatoms. The fourth-order valence-corrected chi connectivity index (χ4v) is 3.15. The third kappa shape index (κ3) is 2.44. The van der Waals surface area contributed by atoms with E-state index in [1.807, 2.05) is 18.2 Å². The van der Waals surface area contributed by atoms with Crippen molar-refractivity contribution in [3.63, 3.8) is 0 Å². The van der Waals surface area contributed by atoms with Gasteiger partial charge in [0.15, 0.2) is 11.6 Å². The van der Waals surface area contributed by atoms with Crippen LogP contribution in [0.1, 0.15) is 11.3 Å². The average molecular weight is 354 g/mol. The lowest BCUT2D eigenvalue weighted by Gasteiger charge is -2.22. The van der Waals surface area contributed by atoms with E-state index in [0.717, 1.165) is 0 Å². The van der Waals surface area contributed by atoms with Crippen molar-refractivity contribution in [1.82, 2.24) is 9.55 Å². The number of halogens is 2. The standard InChI is InChI=1S/C19H16F2N4O/c1-12-14-10-25(16-8-3-4-9-22-16)23-11-24(14)19(21)17(12)13-6-5-7-15(26-2)18(13)20/h3-9,11H,10H2,1-2H3. The van der Waals surface area contributed by atoms with E-state index in [2.05, 4.69) is 10.1 Å². The zero-order valence-corrected chi connectivity index (χ0v) is 14.3. The van der Waals surface area contributed by atoms with Crippen molar-refractivity contribution in [2.24, 2.45) is 5.10 Å². The predicted octanol–water partition coefficient (Wildman–Crippen LogP) is 3.96. The van der Waals surface area contributed by atoms with Crippen LogP contribution in [0.15, 0.2) is 47.7 Å². The number of hydrogen-bond acceptors (Lipinski definition) is 4. The van der Waals surface area contributed by atoms with Crippen LogP contribution in [-0.4, -0.2) is 23.0 Å². The molecule has 4 rings (SSSR count). The van der Waals surface area contributed by atoms with Crippen LogP contribution in [0.25, 0.3) is 11.1 Å². The Kier molecular flexibility index (Phi) is 3.91. The number of aromatic nitrogens is 2. The van der Waals surface area contributed by atoms with Crippen LogP contribution in [-0.2, 0) is 6.54 Å². The summed E-state index contributed by atoms with van der Waals surface area (Å²) in [4.78, 5) is 4.26. The molecule has 5 nitrogen and oxygen atoms in total. The maximum atomic E-state index is 15.0. The maximum Gasteiger partial charge on any atom is 0.207 e. The summed E-state index contributed by atoms with van der Waals surface area (Å²) in [6.07, 6.45) is 3.06. The summed E-state index contributed by atoms with van der Waals surface area (Å²) in [5.41, 5.74) is 1.73. The topological polar surface area (TPSA) is 42.6 Å². The number of nitrogens with zero attached hydrogens (tertiary/aromatic N) is 4. The number of anilines is 1. The molecular formula is C19H16F2N4O. The second-order valence-corrected chi connectivity index (χ2v) is 5.91. The molecule has 132 valence electrons. The Morgan fingerprint density at radius 2 is 1.96 bits per heavy atom. The van der Waals surface area contributed by atoms with Crippen LogP contribution in [0.3, 0.4) is 0 Å². The van der Waals surface area contributed by atoms with E-state index in [4.69, 9.17) is 4.74 Å². The van der Waals surface area contributed by atoms with Gasteiger partial charge in [-0.1, -0.05) is 18.2 Å². The molecule has 0 unspecified atom stereocenters. The second kappa shape index (κ2) is 6.25. The third-order valence-electron chi connectivity index (χ3n) is 4.49. The fourth-order valence-electron chi connectivity index (χ4n) is 3.15. The predicted molar refractivity (Wildman–Crippen MR) is 95.4 cm³/mol. The Balaban J connectivity index is 1.81. The molecule has 0 aliphatic carbocycles. The minimum Gasteiger partial charge on any atom is -0.494 e. The van der Waals surface area contributed by atoms with E-state index in [-0.39, 0.29) is 16.9 Å². The van der Waals surface area contributed by atoms with Crippen LogP contribution in [0.2, 0.25) is 0 Å². The zero-order valence-electron chi connectivity index (χ0n) is 14.3. The van der Waals surface area contributed by atoms with Gasteiger partial charge in [-0.2, -0.15) is 9.49 Å². The first kappa shape index (κ1) is 16.3. The Hall–Kier alpha value is -3.22. The van der Waals surface area contributed by atoms with Crippen LogP contribution in [0.4, 0.5) is 14.6 Å². The Labute approximate surface area is 149 Å². The molecule has 0 saturated heterocycles. The van der Waals surface area contributed by atoms with Crippen molar-refractivity contribution in [2.45, 2.75) is 13.5 Å². The van der Waals surface area contributed by atoms with Gasteiger partial charge in [0, 0.05) is 17.3 Å². The van der Waals surface area contributed by atoms with Gasteiger partial charge >= 0.3 is 0 Å². The Bertz CT molecular complexity index is 999. The molecule has 0 amide bonds. The van der Waals surface area contributed by atoms with E-state index in [9.17, 15) is 4.39 Å². The molecule has 0 N–H and O–H groups in total. The Morgan fingerprint density at radius 3 is 2.69 bits per heavy atom. The lowest BCUT2D eigenvalue weighted by molar-refractivity contribution is 0.387. The van der Waals surface area contributed by atoms with Crippen molar-refractivity contribution < 1.29 is 13.5 Å². The van der Waals surface area contributed by atoms with Crippen molar-refractivity contribution in [2.75, 3.05) is 12.1 Å². The van der Waals surface area contributed by atoms with Crippen molar-refractivity contribution in [3.8, 4) is 16.9 Å². The van der Waals surface area contributed by atoms with Gasteiger partial charge in [-0.3, -0.25) is 4.57 Å². The number of fused-ring (bicyclic) bond motifs is 1. The van der Waals surface area contributed by atoms with E-state index in [1.54, 1.807) is 30.3 Å². The average Bonchev–Trinajstić information content (AvgIpc) is 2.93. The lowest BCUT2D eigenvalue weighted by Crippen LogP contribution is -2.25. The molecule has 1 aromatic carbocycles. The molecule has 0 atom stereocenters. The van der Waals surface area contributed by atoms with Gasteiger partial charge in [0.25, 0.3) is 0 Å². The first-order valence-electron chi connectivity index (χ1n) is 8.06. The molecule has 26 heavy (non-hydrogen) atoms. The monoisotopic (exact) mass is 354 g/mol. The summed E-state index contributed by atoms with van der Waals surface area (Å²) in [5, 5.41) is 5.93. The van der Waals surface area contributed by atoms with Gasteiger partial charge in [-0.25, -0.2) is 14.4 Å². The molecule has 0 spiro atoms. The number of hydrazone groups is 1. The van der Waals surface area contributed by atoms with Gasteiger partial charge < -0.3 is 4.74 Å². The number of hydrogen-bond donors (Lipinski definition) is 0. The van der Waals surface area contributed by atoms with E-state index < -0.39 is 11.8 Å². The van der Waals surface area contributed by atoms with Gasteiger partial charge in [0.2, 0.25) is 5.95 Å². The summed E-state index contributed by atoms with van der Waals surface area (Å²) in [7, 11) is 1.38. The highest BCUT2D eigenvalue weighted by Gasteiger charge is 2.27. The minimum atomic E-state index is -0.585. The van der Waals surface area contributed by atoms with Crippen molar-refractivity contribution in [1.29, 1.82) is 0 Å².